The summed E-state index contributed by atoms with van der Waals surface area (Å²) >= 11 is 18.1. The molecule has 8 atom stereocenters. The van der Waals surface area contributed by atoms with Crippen LogP contribution in [-0.2, 0) is 97.9 Å². The van der Waals surface area contributed by atoms with Crippen molar-refractivity contribution in [2.24, 2.45) is 5.92 Å². The quantitative estimate of drug-likeness (QED) is 0.0187. The number of methoxy groups -OCH3 is 1. The Hall–Kier alpha value is -9.20. The summed E-state index contributed by atoms with van der Waals surface area (Å²) in [7, 11) is 2.40. The highest BCUT2D eigenvalue weighted by Crippen LogP contribution is 2.31. The molecule has 0 unspecified atom stereocenters. The molecule has 2 aliphatic heterocycles. The minimum absolute atomic E-state index is 0.0610. The van der Waals surface area contributed by atoms with E-state index >= 15 is 24.0 Å². The lowest BCUT2D eigenvalue weighted by Gasteiger charge is -2.46. The highest BCUT2D eigenvalue weighted by atomic mass is 35.6. The van der Waals surface area contributed by atoms with E-state index in [1.165, 1.54) is 41.9 Å². The van der Waals surface area contributed by atoms with Crippen LogP contribution in [0.1, 0.15) is 117 Å². The van der Waals surface area contributed by atoms with Crippen molar-refractivity contribution in [3.63, 3.8) is 0 Å². The number of likely N-dealkylation sites (N-methyl/N-ethyl adjacent to an activating group) is 1. The van der Waals surface area contributed by atoms with Crippen molar-refractivity contribution in [2.75, 3.05) is 40.5 Å². The summed E-state index contributed by atoms with van der Waals surface area (Å²) in [5, 5.41) is 8.76. The van der Waals surface area contributed by atoms with Crippen molar-refractivity contribution in [1.29, 1.82) is 0 Å². The third kappa shape index (κ3) is 25.6. The van der Waals surface area contributed by atoms with Crippen LogP contribution in [0.25, 0.3) is 0 Å². The Bertz CT molecular complexity index is 3540. The Labute approximate surface area is 619 Å². The Morgan fingerprint density at radius 2 is 1.01 bits per heavy atom. The average molecular weight is 1510 g/mol. The molecule has 30 nitrogen and oxygen atoms in total. The van der Waals surface area contributed by atoms with Crippen LogP contribution in [0.3, 0.4) is 0 Å². The number of hydrogen-bond donors (Lipinski definition) is 4. The minimum Gasteiger partial charge on any atom is -0.458 e. The van der Waals surface area contributed by atoms with Crippen LogP contribution < -0.4 is 21.5 Å². The molecule has 0 spiro atoms. The van der Waals surface area contributed by atoms with Gasteiger partial charge in [0.25, 0.3) is 29.5 Å². The number of carbonyl (C=O) groups is 11. The number of hydroxylamine groups is 2. The van der Waals surface area contributed by atoms with Gasteiger partial charge < -0.3 is 53.4 Å². The van der Waals surface area contributed by atoms with E-state index in [4.69, 9.17) is 77.5 Å². The number of benzene rings is 4. The van der Waals surface area contributed by atoms with Gasteiger partial charge >= 0.3 is 36.4 Å². The summed E-state index contributed by atoms with van der Waals surface area (Å²) in [4.78, 5) is 170. The van der Waals surface area contributed by atoms with E-state index in [2.05, 4.69) is 21.5 Å². The Balaban J connectivity index is 1.46. The van der Waals surface area contributed by atoms with E-state index < -0.39 is 155 Å². The normalized spacial score (nSPS) is 16.5. The number of alkyl carbamates (subject to hydrolysis) is 2. The zero-order valence-corrected chi connectivity index (χ0v) is 62.5. The minimum atomic E-state index is -2.22. The van der Waals surface area contributed by atoms with Gasteiger partial charge in [0.15, 0.2) is 18.1 Å². The van der Waals surface area contributed by atoms with Gasteiger partial charge in [-0.05, 0) is 109 Å². The summed E-state index contributed by atoms with van der Waals surface area (Å²) in [6.07, 6.45) is -9.17. The van der Waals surface area contributed by atoms with Crippen molar-refractivity contribution in [3.05, 3.63) is 144 Å². The lowest BCUT2D eigenvalue weighted by Crippen LogP contribution is -2.69. The monoisotopic (exact) mass is 1510 g/mol. The van der Waals surface area contributed by atoms with Crippen molar-refractivity contribution in [2.45, 2.75) is 185 Å². The maximum absolute atomic E-state index is 16.4. The van der Waals surface area contributed by atoms with Crippen LogP contribution in [0, 0.1) is 5.92 Å². The van der Waals surface area contributed by atoms with E-state index in [0.717, 1.165) is 19.9 Å². The van der Waals surface area contributed by atoms with Crippen LogP contribution in [0.2, 0.25) is 0 Å². The first-order valence-electron chi connectivity index (χ1n) is 33.6. The van der Waals surface area contributed by atoms with Gasteiger partial charge in [0, 0.05) is 27.2 Å². The third-order valence-corrected chi connectivity index (χ3v) is 16.2. The average Bonchev–Trinajstić information content (AvgIpc) is 0.773. The molecule has 4 N–H and O–H groups in total. The lowest BCUT2D eigenvalue weighted by atomic mass is 9.96. The summed E-state index contributed by atoms with van der Waals surface area (Å²) < 4.78 is 43.5. The smallest absolute Gasteiger partial charge is 0.429 e. The lowest BCUT2D eigenvalue weighted by molar-refractivity contribution is -0.224. The molecule has 2 fully saturated rings. The molecule has 6 rings (SSSR count). The molecule has 0 bridgehead atoms. The maximum atomic E-state index is 16.4. The molecule has 568 valence electrons. The number of nitrogens with one attached hydrogen (secondary N) is 4. The molecule has 33 heteroatoms. The first-order chi connectivity index (χ1) is 49.1. The Morgan fingerprint density at radius 3 is 1.48 bits per heavy atom. The van der Waals surface area contributed by atoms with Crippen LogP contribution in [0.15, 0.2) is 121 Å². The van der Waals surface area contributed by atoms with E-state index in [0.29, 0.717) is 32.3 Å². The van der Waals surface area contributed by atoms with Gasteiger partial charge in [-0.3, -0.25) is 34.2 Å². The Kier molecular flexibility index (Phi) is 31.5. The number of ether oxygens (including phenoxy) is 8. The molecule has 4 aromatic rings. The second-order valence-corrected chi connectivity index (χ2v) is 29.2. The zero-order valence-electron chi connectivity index (χ0n) is 60.2. The highest BCUT2D eigenvalue weighted by Gasteiger charge is 2.52. The molecule has 4 aromatic carbocycles. The number of alkyl halides is 3. The maximum Gasteiger partial charge on any atom is 0.429 e. The van der Waals surface area contributed by atoms with Gasteiger partial charge in [-0.25, -0.2) is 59.3 Å². The summed E-state index contributed by atoms with van der Waals surface area (Å²) in [5.74, 6) is -7.85. The van der Waals surface area contributed by atoms with Crippen molar-refractivity contribution >= 4 is 101 Å². The number of carbonyl (C=O) groups excluding carboxylic acids is 11. The number of rotatable bonds is 27. The predicted molar refractivity (Wildman–Crippen MR) is 377 cm³/mol. The van der Waals surface area contributed by atoms with Gasteiger partial charge in [0.2, 0.25) is 3.79 Å². The van der Waals surface area contributed by atoms with E-state index in [9.17, 15) is 28.8 Å². The van der Waals surface area contributed by atoms with Gasteiger partial charge in [-0.2, -0.15) is 0 Å². The van der Waals surface area contributed by atoms with Crippen molar-refractivity contribution in [1.82, 2.24) is 51.5 Å². The van der Waals surface area contributed by atoms with Crippen LogP contribution >= 0.6 is 34.8 Å². The third-order valence-electron chi connectivity index (χ3n) is 15.9. The zero-order chi connectivity index (χ0) is 76.6. The van der Waals surface area contributed by atoms with Gasteiger partial charge in [0.1, 0.15) is 61.9 Å². The fourth-order valence-corrected chi connectivity index (χ4v) is 10.9. The molecule has 104 heavy (non-hydrogen) atoms. The van der Waals surface area contributed by atoms with Gasteiger partial charge in [-0.15, -0.1) is 0 Å². The van der Waals surface area contributed by atoms with Gasteiger partial charge in [0.05, 0.1) is 19.3 Å². The molecule has 0 saturated carbocycles. The second-order valence-electron chi connectivity index (χ2n) is 26.7. The molecule has 2 saturated heterocycles. The summed E-state index contributed by atoms with van der Waals surface area (Å²) in [5.41, 5.74) is 4.60. The number of halogens is 3. The first kappa shape index (κ1) is 83.7. The van der Waals surface area contributed by atoms with E-state index in [-0.39, 0.29) is 58.6 Å². The second kappa shape index (κ2) is 39.1. The fourth-order valence-electron chi connectivity index (χ4n) is 10.7. The fraction of sp³-hybridized carbons (Fsp3) is 0.507. The molecular weight excluding hydrogens is 1420 g/mol. The molecule has 0 radical (unpaired) electrons. The predicted octanol–water partition coefficient (Wildman–Crippen LogP) is 8.99. The number of hydrazine groups is 3. The number of hydrogen-bond acceptors (Lipinski definition) is 20. The number of esters is 1. The summed E-state index contributed by atoms with van der Waals surface area (Å²) in [6.45, 7) is 12.1. The first-order valence-corrected chi connectivity index (χ1v) is 34.7. The van der Waals surface area contributed by atoms with Crippen LogP contribution in [-0.4, -0.2) is 200 Å². The molecular formula is C71H93Cl3N10O20. The number of nitrogens with zero attached hydrogens (tertiary/aromatic N) is 6. The largest absolute Gasteiger partial charge is 0.458 e. The van der Waals surface area contributed by atoms with Crippen LogP contribution in [0.4, 0.5) is 24.0 Å². The van der Waals surface area contributed by atoms with E-state index in [1.807, 2.05) is 0 Å². The number of amides is 10. The van der Waals surface area contributed by atoms with Gasteiger partial charge in [-0.1, -0.05) is 170 Å². The topological polar surface area (TPSA) is 338 Å². The summed E-state index contributed by atoms with van der Waals surface area (Å²) in [6, 6.07) is 23.3. The van der Waals surface area contributed by atoms with Crippen molar-refractivity contribution < 1.29 is 95.5 Å². The van der Waals surface area contributed by atoms with E-state index in [1.54, 1.807) is 163 Å². The van der Waals surface area contributed by atoms with Crippen molar-refractivity contribution in [3.8, 4) is 0 Å². The molecule has 0 aliphatic carbocycles. The Morgan fingerprint density at radius 1 is 0.558 bits per heavy atom. The molecule has 2 heterocycles. The van der Waals surface area contributed by atoms with Crippen LogP contribution in [0.5, 0.6) is 0 Å². The molecule has 2 aliphatic rings. The standard InChI is InChI=1S/C71H93Cl3N10O20/c1-45(2)57(102-63(90)55(75-65(92)103-69(5,6)7)47(4)97-39-48-27-17-13-18-28-48)56(76-64(91)100-44-71(72,73)74)62(89)83-53(36-26-38-81(83)68(95)99-41-50-31-21-15-22-32-50)61(88)84(101-42-51-33-23-16-24-34-51)54(43-96-12)60(87)79(11)46(3)59(86)82-52(58(85)77-78-66(93)104-70(8,9)10)35-25-37-80(82)67(94)98-40-49-29-19-14-20-30-49/h13-24,27-34,45-47,52-57H,25-26,35-44H2,1-12H3,(H,75,92)(H,76,91)(H,77,85)(H,78,93)/t46-,47+,52+,53-,54+,55-,56+,57+/m1/s1. The SMILES string of the molecule is COC[C@@H](C(=O)N(C)[C@H](C)C(=O)N1[C@H](C(=O)NNC(=O)OC(C)(C)C)CCCN1C(=O)OCc1ccccc1)N(OCc1ccccc1)C(=O)[C@H]1CCCN(C(=O)OCc2ccccc2)N1C(=O)[C@@H](NC(=O)OCC(Cl)(Cl)Cl)[C@@H](OC(=O)[C@H](NC(=O)OC(C)(C)C)[C@H](C)OCc1ccccc1)C(C)C. The molecule has 0 aromatic heterocycles. The molecule has 10 amide bonds. The highest BCUT2D eigenvalue weighted by molar-refractivity contribution is 6.67.